The second-order valence-electron chi connectivity index (χ2n) is 4.49. The van der Waals surface area contributed by atoms with Gasteiger partial charge in [-0.25, -0.2) is 0 Å². The second-order valence-corrected chi connectivity index (χ2v) is 5.81. The van der Waals surface area contributed by atoms with E-state index in [1.54, 1.807) is 0 Å². The van der Waals surface area contributed by atoms with Crippen LogP contribution in [0.2, 0.25) is 5.02 Å². The topological polar surface area (TPSA) is 15.3 Å². The van der Waals surface area contributed by atoms with Gasteiger partial charge in [-0.2, -0.15) is 0 Å². The van der Waals surface area contributed by atoms with Gasteiger partial charge in [0.1, 0.15) is 0 Å². The lowest BCUT2D eigenvalue weighted by Crippen LogP contribution is -2.45. The van der Waals surface area contributed by atoms with Crippen molar-refractivity contribution < 1.29 is 0 Å². The Hall–Kier alpha value is 0.230. The summed E-state index contributed by atoms with van der Waals surface area (Å²) in [4.78, 5) is 2.48. The van der Waals surface area contributed by atoms with Crippen LogP contribution in [0.4, 0.5) is 0 Å². The van der Waals surface area contributed by atoms with Crippen molar-refractivity contribution in [3.63, 3.8) is 0 Å². The largest absolute Gasteiger partial charge is 0.314 e. The molecule has 1 atom stereocenters. The fourth-order valence-corrected chi connectivity index (χ4v) is 3.02. The van der Waals surface area contributed by atoms with Gasteiger partial charge in [-0.05, 0) is 30.2 Å². The first-order valence-corrected chi connectivity index (χ1v) is 7.40. The van der Waals surface area contributed by atoms with E-state index in [2.05, 4.69) is 38.8 Å². The van der Waals surface area contributed by atoms with E-state index in [0.29, 0.717) is 6.04 Å². The third-order valence-electron chi connectivity index (χ3n) is 3.30. The predicted octanol–water partition coefficient (Wildman–Crippen LogP) is 4.47. The van der Waals surface area contributed by atoms with Crippen LogP contribution < -0.4 is 5.32 Å². The molecule has 0 bridgehead atoms. The molecule has 20 heavy (non-hydrogen) atoms. The van der Waals surface area contributed by atoms with Crippen LogP contribution in [0.5, 0.6) is 0 Å². The number of piperazine rings is 1. The van der Waals surface area contributed by atoms with Crippen LogP contribution in [-0.2, 0) is 0 Å². The number of halogens is 4. The number of hydrogen-bond acceptors (Lipinski definition) is 2. The van der Waals surface area contributed by atoms with Crippen molar-refractivity contribution >= 4 is 52.3 Å². The summed E-state index contributed by atoms with van der Waals surface area (Å²) in [5.74, 6) is 0. The maximum Gasteiger partial charge on any atom is 0.0454 e. The van der Waals surface area contributed by atoms with Crippen molar-refractivity contribution in [1.82, 2.24) is 10.2 Å². The van der Waals surface area contributed by atoms with Gasteiger partial charge >= 0.3 is 0 Å². The van der Waals surface area contributed by atoms with Crippen LogP contribution in [0.25, 0.3) is 0 Å². The van der Waals surface area contributed by atoms with Crippen LogP contribution in [0.15, 0.2) is 35.3 Å². The highest BCUT2D eigenvalue weighted by Gasteiger charge is 2.22. The molecule has 0 radical (unpaired) electrons. The van der Waals surface area contributed by atoms with E-state index < -0.39 is 0 Å². The molecule has 1 aliphatic heterocycles. The average molecular weight is 403 g/mol. The summed E-state index contributed by atoms with van der Waals surface area (Å²) in [6.45, 7) is 8.07. The molecule has 6 heteroatoms. The summed E-state index contributed by atoms with van der Waals surface area (Å²) in [6.07, 6.45) is 2.90. The maximum atomic E-state index is 6.35. The average Bonchev–Trinajstić information content (AvgIpc) is 2.40. The number of hydrogen-bond donors (Lipinski definition) is 1. The minimum absolute atomic E-state index is 0. The smallest absolute Gasteiger partial charge is 0.0454 e. The van der Waals surface area contributed by atoms with Crippen LogP contribution in [0.1, 0.15) is 18.0 Å². The first-order valence-electron chi connectivity index (χ1n) is 6.23. The molecule has 1 aromatic rings. The molecule has 1 N–H and O–H groups in total. The van der Waals surface area contributed by atoms with Gasteiger partial charge < -0.3 is 5.32 Å². The Morgan fingerprint density at radius 2 is 2.00 bits per heavy atom. The molecule has 2 nitrogen and oxygen atoms in total. The van der Waals surface area contributed by atoms with Crippen molar-refractivity contribution in [3.8, 4) is 0 Å². The first-order chi connectivity index (χ1) is 8.72. The number of nitrogens with one attached hydrogen (secondary N) is 1. The van der Waals surface area contributed by atoms with Crippen molar-refractivity contribution in [2.75, 3.05) is 26.2 Å². The van der Waals surface area contributed by atoms with Gasteiger partial charge in [0.25, 0.3) is 0 Å². The van der Waals surface area contributed by atoms with Crippen molar-refractivity contribution in [2.24, 2.45) is 0 Å². The van der Waals surface area contributed by atoms with E-state index in [4.69, 9.17) is 11.6 Å². The van der Waals surface area contributed by atoms with Gasteiger partial charge in [-0.15, -0.1) is 31.4 Å². The van der Waals surface area contributed by atoms with Gasteiger partial charge in [-0.1, -0.05) is 33.6 Å². The molecule has 0 saturated carbocycles. The molecule has 0 aliphatic carbocycles. The maximum absolute atomic E-state index is 6.35. The standard InChI is InChI=1S/C14H18BrClN2.2ClH/c1-2-3-14(18-8-6-17-7-9-18)12-10-11(15)4-5-13(12)16;;/h2,4-5,10,14,17H,1,3,6-9H2;2*1H/t14-;;/m1../s1. The highest BCUT2D eigenvalue weighted by Crippen LogP contribution is 2.32. The Morgan fingerprint density at radius 1 is 1.35 bits per heavy atom. The molecule has 1 heterocycles. The third-order valence-corrected chi connectivity index (χ3v) is 4.14. The zero-order valence-electron chi connectivity index (χ0n) is 11.1. The van der Waals surface area contributed by atoms with Crippen LogP contribution >= 0.6 is 52.3 Å². The van der Waals surface area contributed by atoms with Gasteiger partial charge in [0.15, 0.2) is 0 Å². The minimum Gasteiger partial charge on any atom is -0.314 e. The van der Waals surface area contributed by atoms with E-state index in [0.717, 1.165) is 42.1 Å². The lowest BCUT2D eigenvalue weighted by molar-refractivity contribution is 0.174. The van der Waals surface area contributed by atoms with Crippen LogP contribution in [0.3, 0.4) is 0 Å². The van der Waals surface area contributed by atoms with Gasteiger partial charge in [0.2, 0.25) is 0 Å². The van der Waals surface area contributed by atoms with Gasteiger partial charge in [-0.3, -0.25) is 4.90 Å². The zero-order valence-corrected chi connectivity index (χ0v) is 15.1. The zero-order chi connectivity index (χ0) is 13.0. The Morgan fingerprint density at radius 3 is 2.60 bits per heavy atom. The molecule has 114 valence electrons. The molecular formula is C14H20BrCl3N2. The molecule has 0 aromatic heterocycles. The second kappa shape index (κ2) is 10.0. The lowest BCUT2D eigenvalue weighted by atomic mass is 10.0. The Labute approximate surface area is 146 Å². The molecule has 1 aliphatic rings. The highest BCUT2D eigenvalue weighted by molar-refractivity contribution is 9.10. The Kier molecular flexibility index (Phi) is 10.2. The summed E-state index contributed by atoms with van der Waals surface area (Å²) in [5, 5.41) is 4.22. The van der Waals surface area contributed by atoms with E-state index >= 15 is 0 Å². The number of benzene rings is 1. The fraction of sp³-hybridized carbons (Fsp3) is 0.429. The summed E-state index contributed by atoms with van der Waals surface area (Å²) in [7, 11) is 0. The summed E-state index contributed by atoms with van der Waals surface area (Å²) in [5.41, 5.74) is 1.19. The summed E-state index contributed by atoms with van der Waals surface area (Å²) < 4.78 is 1.08. The molecule has 0 spiro atoms. The third kappa shape index (κ3) is 5.21. The highest BCUT2D eigenvalue weighted by atomic mass is 79.9. The molecule has 1 saturated heterocycles. The van der Waals surface area contributed by atoms with Crippen molar-refractivity contribution in [3.05, 3.63) is 45.9 Å². The fourth-order valence-electron chi connectivity index (χ4n) is 2.39. The quantitative estimate of drug-likeness (QED) is 0.748. The molecular weight excluding hydrogens is 382 g/mol. The first kappa shape index (κ1) is 20.2. The molecule has 0 amide bonds. The Bertz CT molecular complexity index is 423. The minimum atomic E-state index is 0. The van der Waals surface area contributed by atoms with Crippen LogP contribution in [-0.4, -0.2) is 31.1 Å². The number of rotatable bonds is 4. The van der Waals surface area contributed by atoms with Crippen LogP contribution in [0, 0.1) is 0 Å². The van der Waals surface area contributed by atoms with E-state index in [1.165, 1.54) is 5.56 Å². The van der Waals surface area contributed by atoms with Crippen molar-refractivity contribution in [2.45, 2.75) is 12.5 Å². The van der Waals surface area contributed by atoms with Gasteiger partial charge in [0, 0.05) is 41.7 Å². The molecule has 1 fully saturated rings. The van der Waals surface area contributed by atoms with Gasteiger partial charge in [0.05, 0.1) is 0 Å². The van der Waals surface area contributed by atoms with Crippen molar-refractivity contribution in [1.29, 1.82) is 0 Å². The van der Waals surface area contributed by atoms with E-state index in [1.807, 2.05) is 18.2 Å². The van der Waals surface area contributed by atoms with E-state index in [-0.39, 0.29) is 24.8 Å². The SMILES string of the molecule is C=CC[C@H](c1cc(Br)ccc1Cl)N1CCNCC1.Cl.Cl. The predicted molar refractivity (Wildman–Crippen MR) is 95.6 cm³/mol. The summed E-state index contributed by atoms with van der Waals surface area (Å²) in [6, 6.07) is 6.39. The molecule has 1 aromatic carbocycles. The molecule has 2 rings (SSSR count). The normalized spacial score (nSPS) is 16.7. The Balaban J connectivity index is 0.00000180. The monoisotopic (exact) mass is 400 g/mol. The molecule has 0 unspecified atom stereocenters. The number of nitrogens with zero attached hydrogens (tertiary/aromatic N) is 1. The summed E-state index contributed by atoms with van der Waals surface area (Å²) >= 11 is 9.87. The van der Waals surface area contributed by atoms with E-state index in [9.17, 15) is 0 Å². The lowest BCUT2D eigenvalue weighted by Gasteiger charge is -2.35.